The summed E-state index contributed by atoms with van der Waals surface area (Å²) in [6.45, 7) is 0.200. The number of halogens is 2. The highest BCUT2D eigenvalue weighted by molar-refractivity contribution is 6.65. The molecule has 0 aliphatic heterocycles. The van der Waals surface area contributed by atoms with Gasteiger partial charge >= 0.3 is 0 Å². The Kier molecular flexibility index (Phi) is 3.28. The first-order valence-corrected chi connectivity index (χ1v) is 6.17. The van der Waals surface area contributed by atoms with E-state index in [0.717, 1.165) is 0 Å². The van der Waals surface area contributed by atoms with Crippen LogP contribution in [0.1, 0.15) is 6.42 Å². The molecule has 2 saturated carbocycles. The first-order valence-electron chi connectivity index (χ1n) is 5.42. The number of rotatable bonds is 4. The van der Waals surface area contributed by atoms with Crippen molar-refractivity contribution in [2.75, 3.05) is 27.9 Å². The number of ether oxygens (including phenoxy) is 3. The van der Waals surface area contributed by atoms with E-state index >= 15 is 0 Å². The summed E-state index contributed by atoms with van der Waals surface area (Å²) in [5.74, 6) is -3.61. The van der Waals surface area contributed by atoms with Crippen LogP contribution in [0.2, 0.25) is 0 Å². The summed E-state index contributed by atoms with van der Waals surface area (Å²) in [6, 6.07) is 0. The summed E-state index contributed by atoms with van der Waals surface area (Å²) in [6.07, 6.45) is 0.179. The normalized spacial score (nSPS) is 41.7. The van der Waals surface area contributed by atoms with Crippen molar-refractivity contribution in [2.45, 2.75) is 22.0 Å². The van der Waals surface area contributed by atoms with Gasteiger partial charge in [0.2, 0.25) is 17.4 Å². The Labute approximate surface area is 115 Å². The van der Waals surface area contributed by atoms with Gasteiger partial charge in [-0.3, -0.25) is 9.59 Å². The van der Waals surface area contributed by atoms with Crippen molar-refractivity contribution in [3.05, 3.63) is 0 Å². The van der Waals surface area contributed by atoms with Crippen LogP contribution in [0.5, 0.6) is 0 Å². The molecule has 2 bridgehead atoms. The maximum absolute atomic E-state index is 12.1. The minimum absolute atomic E-state index is 0.179. The lowest BCUT2D eigenvalue weighted by molar-refractivity contribution is -0.221. The standard InChI is InChI=1S/C11H14Cl2O5/c1-16-5-6-4-9(12)7(14)8(15)10(6,13)11(9,17-2)18-3/h6H,4-5H2,1-3H3/t6-,9-,10+/m1/s1. The van der Waals surface area contributed by atoms with E-state index < -0.39 is 33.0 Å². The number of ketones is 2. The smallest absolute Gasteiger partial charge is 0.227 e. The van der Waals surface area contributed by atoms with Crippen LogP contribution in [-0.4, -0.2) is 55.0 Å². The molecule has 0 aromatic carbocycles. The molecule has 2 fully saturated rings. The number of alkyl halides is 2. The van der Waals surface area contributed by atoms with Gasteiger partial charge in [-0.2, -0.15) is 0 Å². The predicted octanol–water partition coefficient (Wildman–Crippen LogP) is 0.749. The van der Waals surface area contributed by atoms with E-state index in [0.29, 0.717) is 0 Å². The van der Waals surface area contributed by atoms with Crippen molar-refractivity contribution in [1.29, 1.82) is 0 Å². The van der Waals surface area contributed by atoms with Gasteiger partial charge in [0, 0.05) is 27.2 Å². The molecule has 2 aliphatic rings. The lowest BCUT2D eigenvalue weighted by Crippen LogP contribution is -2.57. The third-order valence-corrected chi connectivity index (χ3v) is 5.23. The topological polar surface area (TPSA) is 61.8 Å². The van der Waals surface area contributed by atoms with Crippen LogP contribution in [0, 0.1) is 5.92 Å². The van der Waals surface area contributed by atoms with Crippen LogP contribution < -0.4 is 0 Å². The SMILES string of the molecule is COC[C@H]1C[C@@]2(Cl)C(=O)C(=O)[C@]1(Cl)C2(OC)OC. The van der Waals surface area contributed by atoms with Gasteiger partial charge in [-0.15, -0.1) is 23.2 Å². The molecule has 0 aromatic heterocycles. The Morgan fingerprint density at radius 1 is 1.17 bits per heavy atom. The summed E-state index contributed by atoms with van der Waals surface area (Å²) >= 11 is 12.7. The lowest BCUT2D eigenvalue weighted by atomic mass is 9.86. The number of hydrogen-bond donors (Lipinski definition) is 0. The molecule has 102 valence electrons. The highest BCUT2D eigenvalue weighted by atomic mass is 35.5. The fourth-order valence-corrected chi connectivity index (χ4v) is 4.34. The highest BCUT2D eigenvalue weighted by Gasteiger charge is 2.86. The van der Waals surface area contributed by atoms with Gasteiger partial charge in [0.15, 0.2) is 9.75 Å². The molecular formula is C11H14Cl2O5. The Morgan fingerprint density at radius 2 is 1.72 bits per heavy atom. The predicted molar refractivity (Wildman–Crippen MR) is 63.9 cm³/mol. The van der Waals surface area contributed by atoms with E-state index in [1.165, 1.54) is 21.3 Å². The molecular weight excluding hydrogens is 283 g/mol. The van der Waals surface area contributed by atoms with Gasteiger partial charge in [-0.05, 0) is 6.42 Å². The zero-order valence-corrected chi connectivity index (χ0v) is 11.8. The minimum atomic E-state index is -1.65. The van der Waals surface area contributed by atoms with E-state index in [4.69, 9.17) is 37.4 Å². The second kappa shape index (κ2) is 4.15. The van der Waals surface area contributed by atoms with Crippen molar-refractivity contribution in [3.8, 4) is 0 Å². The van der Waals surface area contributed by atoms with Gasteiger partial charge in [0.1, 0.15) is 0 Å². The van der Waals surface area contributed by atoms with Crippen LogP contribution in [0.3, 0.4) is 0 Å². The molecule has 0 saturated heterocycles. The molecule has 2 rings (SSSR count). The first kappa shape index (κ1) is 14.2. The molecule has 0 N–H and O–H groups in total. The maximum atomic E-state index is 12.1. The van der Waals surface area contributed by atoms with Crippen LogP contribution in [0.4, 0.5) is 0 Å². The molecule has 3 atom stereocenters. The van der Waals surface area contributed by atoms with Gasteiger partial charge in [-0.25, -0.2) is 0 Å². The summed E-state index contributed by atoms with van der Waals surface area (Å²) in [5, 5.41) is 0. The van der Waals surface area contributed by atoms with Crippen molar-refractivity contribution in [3.63, 3.8) is 0 Å². The average molecular weight is 297 g/mol. The number of hydrogen-bond acceptors (Lipinski definition) is 5. The van der Waals surface area contributed by atoms with Crippen molar-refractivity contribution < 1.29 is 23.8 Å². The van der Waals surface area contributed by atoms with Gasteiger partial charge < -0.3 is 14.2 Å². The molecule has 2 aliphatic carbocycles. The molecule has 0 aromatic rings. The molecule has 0 radical (unpaired) electrons. The third-order valence-electron chi connectivity index (χ3n) is 3.93. The van der Waals surface area contributed by atoms with Gasteiger partial charge in [-0.1, -0.05) is 0 Å². The zero-order valence-electron chi connectivity index (χ0n) is 10.3. The molecule has 7 heteroatoms. The van der Waals surface area contributed by atoms with Crippen LogP contribution in [-0.2, 0) is 23.8 Å². The monoisotopic (exact) mass is 296 g/mol. The summed E-state index contributed by atoms with van der Waals surface area (Å²) in [7, 11) is 4.12. The van der Waals surface area contributed by atoms with E-state index in [1.54, 1.807) is 0 Å². The second-order valence-electron chi connectivity index (χ2n) is 4.55. The maximum Gasteiger partial charge on any atom is 0.227 e. The quantitative estimate of drug-likeness (QED) is 0.435. The van der Waals surface area contributed by atoms with E-state index in [1.807, 2.05) is 0 Å². The number of methoxy groups -OCH3 is 3. The van der Waals surface area contributed by atoms with Crippen molar-refractivity contribution in [1.82, 2.24) is 0 Å². The van der Waals surface area contributed by atoms with Crippen LogP contribution in [0.15, 0.2) is 0 Å². The summed E-state index contributed by atoms with van der Waals surface area (Å²) < 4.78 is 15.6. The fourth-order valence-electron chi connectivity index (χ4n) is 3.17. The fraction of sp³-hybridized carbons (Fsp3) is 0.818. The molecule has 0 spiro atoms. The third kappa shape index (κ3) is 1.20. The zero-order chi connectivity index (χ0) is 13.8. The number of fused-ring (bicyclic) bond motifs is 2. The molecule has 5 nitrogen and oxygen atoms in total. The summed E-state index contributed by atoms with van der Waals surface area (Å²) in [4.78, 5) is 20.9. The largest absolute Gasteiger partial charge is 0.384 e. The van der Waals surface area contributed by atoms with Gasteiger partial charge in [0.25, 0.3) is 0 Å². The molecule has 0 heterocycles. The summed E-state index contributed by atoms with van der Waals surface area (Å²) in [5.41, 5.74) is 0. The molecule has 18 heavy (non-hydrogen) atoms. The molecule has 0 amide bonds. The number of Topliss-reactive ketones (excluding diaryl/α,β-unsaturated/α-hetero) is 2. The lowest BCUT2D eigenvalue weighted by Gasteiger charge is -2.38. The molecule has 0 unspecified atom stereocenters. The highest BCUT2D eigenvalue weighted by Crippen LogP contribution is 2.64. The van der Waals surface area contributed by atoms with E-state index in [-0.39, 0.29) is 13.0 Å². The first-order chi connectivity index (χ1) is 8.35. The Hall–Kier alpha value is -0.200. The second-order valence-corrected chi connectivity index (χ2v) is 5.79. The van der Waals surface area contributed by atoms with Crippen molar-refractivity contribution in [2.24, 2.45) is 5.92 Å². The Bertz CT molecular complexity index is 408. The Morgan fingerprint density at radius 3 is 2.11 bits per heavy atom. The average Bonchev–Trinajstić information content (AvgIpc) is 2.61. The number of carbonyl (C=O) groups excluding carboxylic acids is 2. The number of carbonyl (C=O) groups is 2. The van der Waals surface area contributed by atoms with Crippen molar-refractivity contribution >= 4 is 34.8 Å². The van der Waals surface area contributed by atoms with Gasteiger partial charge in [0.05, 0.1) is 6.61 Å². The van der Waals surface area contributed by atoms with E-state index in [9.17, 15) is 9.59 Å². The minimum Gasteiger partial charge on any atom is -0.384 e. The van der Waals surface area contributed by atoms with Crippen LogP contribution in [0.25, 0.3) is 0 Å². The van der Waals surface area contributed by atoms with Crippen LogP contribution >= 0.6 is 23.2 Å². The Balaban J connectivity index is 2.62. The van der Waals surface area contributed by atoms with E-state index in [2.05, 4.69) is 0 Å².